The van der Waals surface area contributed by atoms with Gasteiger partial charge in [-0.15, -0.1) is 0 Å². The summed E-state index contributed by atoms with van der Waals surface area (Å²) in [6.45, 7) is 1.84. The highest BCUT2D eigenvalue weighted by molar-refractivity contribution is 7.89. The number of carbonyl (C=O) groups is 2. The van der Waals surface area contributed by atoms with Crippen molar-refractivity contribution in [2.45, 2.75) is 24.8 Å². The topological polar surface area (TPSA) is 139 Å². The fraction of sp³-hybridized carbons (Fsp3) is 0.250. The van der Waals surface area contributed by atoms with Crippen molar-refractivity contribution < 1.29 is 32.2 Å². The molecule has 0 saturated heterocycles. The van der Waals surface area contributed by atoms with Crippen LogP contribution in [0.25, 0.3) is 10.2 Å². The third kappa shape index (κ3) is 4.66. The zero-order valence-corrected chi connectivity index (χ0v) is 18.6. The van der Waals surface area contributed by atoms with Crippen molar-refractivity contribution in [2.24, 2.45) is 10.1 Å². The predicted octanol–water partition coefficient (Wildman–Crippen LogP) is 1.31. The van der Waals surface area contributed by atoms with Crippen LogP contribution < -0.4 is 19.4 Å². The lowest BCUT2D eigenvalue weighted by Crippen LogP contribution is -2.23. The van der Waals surface area contributed by atoms with Crippen molar-refractivity contribution in [1.82, 2.24) is 4.57 Å². The maximum Gasteiger partial charge on any atom is 0.326 e. The Labute approximate surface area is 186 Å². The number of benzene rings is 2. The maximum absolute atomic E-state index is 12.7. The molecule has 1 aliphatic heterocycles. The molecule has 12 heteroatoms. The number of carbonyl (C=O) groups excluding carboxylic acids is 2. The summed E-state index contributed by atoms with van der Waals surface area (Å²) in [5.41, 5.74) is 1.22. The molecule has 0 aliphatic carbocycles. The summed E-state index contributed by atoms with van der Waals surface area (Å²) in [6, 6.07) is 9.43. The van der Waals surface area contributed by atoms with E-state index in [-0.39, 0.29) is 36.1 Å². The van der Waals surface area contributed by atoms with Gasteiger partial charge in [-0.1, -0.05) is 17.4 Å². The van der Waals surface area contributed by atoms with Gasteiger partial charge in [0.25, 0.3) is 5.91 Å². The average Bonchev–Trinajstić information content (AvgIpc) is 3.31. The van der Waals surface area contributed by atoms with E-state index in [1.807, 2.05) is 0 Å². The molecular weight excluding hydrogens is 458 g/mol. The molecule has 0 fully saturated rings. The molecule has 0 spiro atoms. The van der Waals surface area contributed by atoms with Gasteiger partial charge in [-0.05, 0) is 42.8 Å². The van der Waals surface area contributed by atoms with Crippen LogP contribution >= 0.6 is 11.3 Å². The van der Waals surface area contributed by atoms with E-state index in [1.54, 1.807) is 25.1 Å². The van der Waals surface area contributed by atoms with Gasteiger partial charge < -0.3 is 18.8 Å². The lowest BCUT2D eigenvalue weighted by molar-refractivity contribution is -0.143. The number of sulfonamides is 1. The largest absolute Gasteiger partial charge is 0.465 e. The number of nitrogens with zero attached hydrogens (tertiary/aromatic N) is 2. The first-order valence-corrected chi connectivity index (χ1v) is 11.9. The molecule has 1 amide bonds. The van der Waals surface area contributed by atoms with Gasteiger partial charge in [0.2, 0.25) is 16.8 Å². The van der Waals surface area contributed by atoms with Gasteiger partial charge in [-0.2, -0.15) is 4.99 Å². The molecule has 2 aromatic carbocycles. The van der Waals surface area contributed by atoms with Crippen molar-refractivity contribution in [3.05, 3.63) is 46.8 Å². The second kappa shape index (κ2) is 8.73. The number of rotatable bonds is 6. The minimum atomic E-state index is -3.91. The molecular formula is C20H19N3O7S2. The van der Waals surface area contributed by atoms with Gasteiger partial charge in [0.1, 0.15) is 6.54 Å². The summed E-state index contributed by atoms with van der Waals surface area (Å²) in [5.74, 6) is 0.220. The van der Waals surface area contributed by atoms with E-state index in [1.165, 1.54) is 22.8 Å². The van der Waals surface area contributed by atoms with Crippen LogP contribution in [-0.2, 0) is 37.3 Å². The second-order valence-electron chi connectivity index (χ2n) is 6.82. The molecule has 0 saturated carbocycles. The van der Waals surface area contributed by atoms with Gasteiger partial charge in [0.15, 0.2) is 16.3 Å². The summed E-state index contributed by atoms with van der Waals surface area (Å²) in [7, 11) is -3.91. The molecule has 2 N–H and O–H groups in total. The molecule has 4 rings (SSSR count). The number of thiazole rings is 1. The first kappa shape index (κ1) is 22.0. The van der Waals surface area contributed by atoms with Crippen LogP contribution in [0.1, 0.15) is 12.5 Å². The highest BCUT2D eigenvalue weighted by Crippen LogP contribution is 2.32. The predicted molar refractivity (Wildman–Crippen MR) is 115 cm³/mol. The summed E-state index contributed by atoms with van der Waals surface area (Å²) >= 11 is 1.08. The van der Waals surface area contributed by atoms with Crippen LogP contribution in [0.4, 0.5) is 0 Å². The standard InChI is InChI=1S/C20H19N3O7S2/c1-2-28-19(25)10-23-14-5-4-13(32(21,26)27)9-17(14)31-20(23)22-18(24)8-12-3-6-15-16(7-12)30-11-29-15/h3-7,9H,2,8,10-11H2,1H3,(H2,21,26,27). The number of primary sulfonamides is 1. The number of amides is 1. The van der Waals surface area contributed by atoms with E-state index in [4.69, 9.17) is 19.3 Å². The first-order chi connectivity index (χ1) is 15.2. The quantitative estimate of drug-likeness (QED) is 0.528. The van der Waals surface area contributed by atoms with Gasteiger partial charge in [0, 0.05) is 0 Å². The average molecular weight is 478 g/mol. The number of aromatic nitrogens is 1. The van der Waals surface area contributed by atoms with Crippen LogP contribution in [0.3, 0.4) is 0 Å². The van der Waals surface area contributed by atoms with E-state index in [9.17, 15) is 18.0 Å². The van der Waals surface area contributed by atoms with Crippen molar-refractivity contribution >= 4 is 43.5 Å². The number of ether oxygens (including phenoxy) is 3. The van der Waals surface area contributed by atoms with Crippen molar-refractivity contribution in [3.8, 4) is 11.5 Å². The Hall–Kier alpha value is -3.22. The number of hydrogen-bond donors (Lipinski definition) is 1. The van der Waals surface area contributed by atoms with Gasteiger partial charge in [0.05, 0.1) is 28.1 Å². The van der Waals surface area contributed by atoms with Crippen molar-refractivity contribution in [3.63, 3.8) is 0 Å². The van der Waals surface area contributed by atoms with Crippen LogP contribution in [0.5, 0.6) is 11.5 Å². The first-order valence-electron chi connectivity index (χ1n) is 9.52. The number of nitrogens with two attached hydrogens (primary N) is 1. The van der Waals surface area contributed by atoms with Crippen LogP contribution in [0, 0.1) is 0 Å². The Morgan fingerprint density at radius 1 is 1.19 bits per heavy atom. The molecule has 3 aromatic rings. The number of esters is 1. The Morgan fingerprint density at radius 2 is 1.97 bits per heavy atom. The van der Waals surface area contributed by atoms with Crippen LogP contribution in [0.2, 0.25) is 0 Å². The molecule has 1 aromatic heterocycles. The van der Waals surface area contributed by atoms with E-state index in [2.05, 4.69) is 4.99 Å². The molecule has 2 heterocycles. The minimum Gasteiger partial charge on any atom is -0.465 e. The Kier molecular flexibility index (Phi) is 6.00. The molecule has 32 heavy (non-hydrogen) atoms. The van der Waals surface area contributed by atoms with E-state index < -0.39 is 21.9 Å². The molecule has 168 valence electrons. The SMILES string of the molecule is CCOC(=O)Cn1c(=NC(=O)Cc2ccc3c(c2)OCO3)sc2cc(S(N)(=O)=O)ccc21. The van der Waals surface area contributed by atoms with Gasteiger partial charge in [-0.25, -0.2) is 13.6 Å². The van der Waals surface area contributed by atoms with E-state index in [0.29, 0.717) is 27.3 Å². The summed E-state index contributed by atoms with van der Waals surface area (Å²) < 4.78 is 41.0. The summed E-state index contributed by atoms with van der Waals surface area (Å²) in [5, 5.41) is 5.22. The molecule has 10 nitrogen and oxygen atoms in total. The molecule has 0 bridgehead atoms. The van der Waals surface area contributed by atoms with Crippen LogP contribution in [-0.4, -0.2) is 38.3 Å². The van der Waals surface area contributed by atoms with E-state index in [0.717, 1.165) is 11.3 Å². The molecule has 0 radical (unpaired) electrons. The fourth-order valence-electron chi connectivity index (χ4n) is 3.18. The molecule has 0 unspecified atom stereocenters. The highest BCUT2D eigenvalue weighted by atomic mass is 32.2. The fourth-order valence-corrected chi connectivity index (χ4v) is 4.88. The summed E-state index contributed by atoms with van der Waals surface area (Å²) in [6.07, 6.45) is 0.00667. The normalized spacial score (nSPS) is 13.5. The van der Waals surface area contributed by atoms with E-state index >= 15 is 0 Å². The third-order valence-corrected chi connectivity index (χ3v) is 6.54. The zero-order chi connectivity index (χ0) is 22.9. The second-order valence-corrected chi connectivity index (χ2v) is 9.39. The smallest absolute Gasteiger partial charge is 0.326 e. The monoisotopic (exact) mass is 477 g/mol. The lowest BCUT2D eigenvalue weighted by atomic mass is 10.1. The lowest BCUT2D eigenvalue weighted by Gasteiger charge is -2.05. The minimum absolute atomic E-state index is 0.00667. The number of fused-ring (bicyclic) bond motifs is 2. The number of hydrogen-bond acceptors (Lipinski definition) is 8. The van der Waals surface area contributed by atoms with Gasteiger partial charge >= 0.3 is 5.97 Å². The maximum atomic E-state index is 12.7. The Balaban J connectivity index is 1.72. The summed E-state index contributed by atoms with van der Waals surface area (Å²) in [4.78, 5) is 29.1. The molecule has 0 atom stereocenters. The Morgan fingerprint density at radius 3 is 2.72 bits per heavy atom. The van der Waals surface area contributed by atoms with Crippen molar-refractivity contribution in [1.29, 1.82) is 0 Å². The highest BCUT2D eigenvalue weighted by Gasteiger charge is 2.17. The zero-order valence-electron chi connectivity index (χ0n) is 16.9. The van der Waals surface area contributed by atoms with Crippen molar-refractivity contribution in [2.75, 3.05) is 13.4 Å². The van der Waals surface area contributed by atoms with Crippen LogP contribution in [0.15, 0.2) is 46.3 Å². The third-order valence-electron chi connectivity index (χ3n) is 4.59. The molecule has 1 aliphatic rings. The Bertz CT molecular complexity index is 1390. The van der Waals surface area contributed by atoms with Gasteiger partial charge in [-0.3, -0.25) is 9.59 Å².